The van der Waals surface area contributed by atoms with Crippen molar-refractivity contribution in [1.29, 1.82) is 0 Å². The predicted molar refractivity (Wildman–Crippen MR) is 70.3 cm³/mol. The van der Waals surface area contributed by atoms with Crippen molar-refractivity contribution in [1.82, 2.24) is 0 Å². The minimum absolute atomic E-state index is 0.215. The molecule has 1 N–H and O–H groups in total. The summed E-state index contributed by atoms with van der Waals surface area (Å²) in [5, 5.41) is 3.22. The van der Waals surface area contributed by atoms with Gasteiger partial charge in [-0.2, -0.15) is 0 Å². The number of nitrogens with one attached hydrogen (secondary N) is 1. The molecule has 2 aromatic rings. The fourth-order valence-electron chi connectivity index (χ4n) is 1.43. The van der Waals surface area contributed by atoms with Crippen LogP contribution in [0.4, 0.5) is 5.69 Å². The Morgan fingerprint density at radius 3 is 2.35 bits per heavy atom. The van der Waals surface area contributed by atoms with Crippen LogP contribution in [0.25, 0.3) is 0 Å². The minimum Gasteiger partial charge on any atom is -0.322 e. The maximum Gasteiger partial charge on any atom is 0.257 e. The van der Waals surface area contributed by atoms with Gasteiger partial charge < -0.3 is 5.32 Å². The van der Waals surface area contributed by atoms with Gasteiger partial charge in [0.2, 0.25) is 0 Å². The van der Waals surface area contributed by atoms with Crippen LogP contribution in [-0.2, 0) is 0 Å². The number of hydrogen-bond donors (Lipinski definition) is 1. The van der Waals surface area contributed by atoms with E-state index in [2.05, 4.69) is 12.2 Å². The van der Waals surface area contributed by atoms with Gasteiger partial charge in [0, 0.05) is 5.69 Å². The molecule has 0 unspecified atom stereocenters. The van der Waals surface area contributed by atoms with Crippen LogP contribution in [0.3, 0.4) is 0 Å². The topological polar surface area (TPSA) is 29.1 Å². The molecule has 0 heterocycles. The summed E-state index contributed by atoms with van der Waals surface area (Å²) in [6.07, 6.45) is 0. The number of halogens is 1. The fraction of sp³-hybridized carbons (Fsp3) is 0. The maximum absolute atomic E-state index is 11.9. The number of anilines is 1. The normalized spacial score (nSPS) is 10.0. The van der Waals surface area contributed by atoms with Crippen LogP contribution >= 0.6 is 11.6 Å². The van der Waals surface area contributed by atoms with E-state index >= 15 is 0 Å². The third-order valence-electron chi connectivity index (χ3n) is 2.33. The molecule has 0 spiro atoms. The van der Waals surface area contributed by atoms with Gasteiger partial charge in [-0.3, -0.25) is 4.79 Å². The lowest BCUT2D eigenvalue weighted by atomic mass is 10.2. The molecule has 0 saturated carbocycles. The molecule has 1 amide bonds. The molecule has 85 valence electrons. The summed E-state index contributed by atoms with van der Waals surface area (Å²) in [7, 11) is 0. The molecule has 0 bridgehead atoms. The predicted octanol–water partition coefficient (Wildman–Crippen LogP) is 3.77. The number of rotatable bonds is 2. The Morgan fingerprint density at radius 1 is 1.06 bits per heavy atom. The van der Waals surface area contributed by atoms with E-state index in [9.17, 15) is 4.79 Å². The van der Waals surface area contributed by atoms with Gasteiger partial charge in [0.25, 0.3) is 5.91 Å². The standard InChI is InChI=1S/C14H11ClNO/c1-10-6-8-11(9-7-10)16-14(17)12-4-2-3-5-13(12)15/h2-9H,1H2,(H,16,17). The summed E-state index contributed by atoms with van der Waals surface area (Å²) in [6.45, 7) is 3.78. The summed E-state index contributed by atoms with van der Waals surface area (Å²) >= 11 is 5.94. The molecule has 17 heavy (non-hydrogen) atoms. The van der Waals surface area contributed by atoms with Crippen molar-refractivity contribution >= 4 is 23.2 Å². The van der Waals surface area contributed by atoms with Crippen LogP contribution in [-0.4, -0.2) is 5.91 Å². The molecular weight excluding hydrogens is 234 g/mol. The lowest BCUT2D eigenvalue weighted by Gasteiger charge is -2.06. The van der Waals surface area contributed by atoms with Crippen LogP contribution in [0.2, 0.25) is 5.02 Å². The molecule has 1 radical (unpaired) electrons. The Morgan fingerprint density at radius 2 is 1.71 bits per heavy atom. The summed E-state index contributed by atoms with van der Waals surface area (Å²) in [5.74, 6) is -0.215. The number of carbonyl (C=O) groups is 1. The van der Waals surface area contributed by atoms with Crippen molar-refractivity contribution in [2.75, 3.05) is 5.32 Å². The minimum atomic E-state index is -0.215. The van der Waals surface area contributed by atoms with Gasteiger partial charge in [-0.05, 0) is 36.8 Å². The molecule has 0 aliphatic heterocycles. The Kier molecular flexibility index (Phi) is 3.45. The van der Waals surface area contributed by atoms with Gasteiger partial charge in [-0.25, -0.2) is 0 Å². The Labute approximate surface area is 105 Å². The molecule has 2 nitrogen and oxygen atoms in total. The average Bonchev–Trinajstić information content (AvgIpc) is 2.32. The second-order valence-electron chi connectivity index (χ2n) is 3.63. The second kappa shape index (κ2) is 5.02. The monoisotopic (exact) mass is 244 g/mol. The molecular formula is C14H11ClNO. The SMILES string of the molecule is [CH2]c1ccc(NC(=O)c2ccccc2Cl)cc1. The van der Waals surface area contributed by atoms with Gasteiger partial charge in [0.05, 0.1) is 10.6 Å². The van der Waals surface area contributed by atoms with Crippen LogP contribution in [0.1, 0.15) is 15.9 Å². The van der Waals surface area contributed by atoms with Gasteiger partial charge in [-0.1, -0.05) is 35.9 Å². The van der Waals surface area contributed by atoms with Crippen LogP contribution < -0.4 is 5.32 Å². The van der Waals surface area contributed by atoms with Gasteiger partial charge in [0.15, 0.2) is 0 Å². The first kappa shape index (κ1) is 11.7. The quantitative estimate of drug-likeness (QED) is 0.856. The van der Waals surface area contributed by atoms with Crippen molar-refractivity contribution in [2.45, 2.75) is 0 Å². The highest BCUT2D eigenvalue weighted by atomic mass is 35.5. The smallest absolute Gasteiger partial charge is 0.257 e. The van der Waals surface area contributed by atoms with E-state index in [1.54, 1.807) is 36.4 Å². The van der Waals surface area contributed by atoms with E-state index in [1.807, 2.05) is 12.1 Å². The lowest BCUT2D eigenvalue weighted by Crippen LogP contribution is -2.12. The van der Waals surface area contributed by atoms with Gasteiger partial charge in [0.1, 0.15) is 0 Å². The maximum atomic E-state index is 11.9. The third kappa shape index (κ3) is 2.86. The van der Waals surface area contributed by atoms with Crippen LogP contribution in [0.15, 0.2) is 48.5 Å². The zero-order valence-electron chi connectivity index (χ0n) is 9.11. The molecule has 0 saturated heterocycles. The number of amides is 1. The van der Waals surface area contributed by atoms with E-state index in [1.165, 1.54) is 0 Å². The highest BCUT2D eigenvalue weighted by Gasteiger charge is 2.09. The first-order valence-corrected chi connectivity index (χ1v) is 5.52. The first-order chi connectivity index (χ1) is 8.16. The first-order valence-electron chi connectivity index (χ1n) is 5.15. The van der Waals surface area contributed by atoms with E-state index in [0.717, 1.165) is 11.3 Å². The zero-order valence-corrected chi connectivity index (χ0v) is 9.87. The summed E-state index contributed by atoms with van der Waals surface area (Å²) in [6, 6.07) is 14.2. The van der Waals surface area contributed by atoms with Crippen molar-refractivity contribution < 1.29 is 4.79 Å². The summed E-state index contributed by atoms with van der Waals surface area (Å²) in [4.78, 5) is 11.9. The Balaban J connectivity index is 2.17. The van der Waals surface area contributed by atoms with Crippen LogP contribution in [0.5, 0.6) is 0 Å². The number of benzene rings is 2. The van der Waals surface area contributed by atoms with E-state index in [4.69, 9.17) is 11.6 Å². The second-order valence-corrected chi connectivity index (χ2v) is 4.04. The summed E-state index contributed by atoms with van der Waals surface area (Å²) in [5.41, 5.74) is 2.09. The summed E-state index contributed by atoms with van der Waals surface area (Å²) < 4.78 is 0. The van der Waals surface area contributed by atoms with Crippen LogP contribution in [0, 0.1) is 6.92 Å². The van der Waals surface area contributed by atoms with E-state index in [0.29, 0.717) is 10.6 Å². The van der Waals surface area contributed by atoms with Crippen molar-refractivity contribution in [3.8, 4) is 0 Å². The van der Waals surface area contributed by atoms with Crippen molar-refractivity contribution in [2.24, 2.45) is 0 Å². The van der Waals surface area contributed by atoms with E-state index < -0.39 is 0 Å². The average molecular weight is 245 g/mol. The highest BCUT2D eigenvalue weighted by molar-refractivity contribution is 6.34. The molecule has 0 atom stereocenters. The number of carbonyl (C=O) groups excluding carboxylic acids is 1. The highest BCUT2D eigenvalue weighted by Crippen LogP contribution is 2.17. The van der Waals surface area contributed by atoms with Gasteiger partial charge >= 0.3 is 0 Å². The molecule has 0 aliphatic rings. The molecule has 0 aromatic heterocycles. The van der Waals surface area contributed by atoms with Crippen molar-refractivity contribution in [3.63, 3.8) is 0 Å². The van der Waals surface area contributed by atoms with Crippen molar-refractivity contribution in [3.05, 3.63) is 71.6 Å². The zero-order chi connectivity index (χ0) is 12.3. The molecule has 2 rings (SSSR count). The fourth-order valence-corrected chi connectivity index (χ4v) is 1.65. The largest absolute Gasteiger partial charge is 0.322 e. The number of hydrogen-bond acceptors (Lipinski definition) is 1. The molecule has 0 fully saturated rings. The molecule has 0 aliphatic carbocycles. The third-order valence-corrected chi connectivity index (χ3v) is 2.66. The molecule has 3 heteroatoms. The Hall–Kier alpha value is -1.80. The lowest BCUT2D eigenvalue weighted by molar-refractivity contribution is 0.102. The Bertz CT molecular complexity index is 534. The molecule has 2 aromatic carbocycles. The van der Waals surface area contributed by atoms with E-state index in [-0.39, 0.29) is 5.91 Å². The van der Waals surface area contributed by atoms with Gasteiger partial charge in [-0.15, -0.1) is 0 Å².